The molecule has 2 aromatic heterocycles. The van der Waals surface area contributed by atoms with E-state index in [4.69, 9.17) is 30.2 Å². The maximum Gasteiger partial charge on any atom is 0.418 e. The van der Waals surface area contributed by atoms with Crippen molar-refractivity contribution in [2.45, 2.75) is 6.61 Å². The largest absolute Gasteiger partial charge is 0.493 e. The van der Waals surface area contributed by atoms with Gasteiger partial charge in [-0.2, -0.15) is 5.10 Å². The Bertz CT molecular complexity index is 899. The number of rotatable bonds is 5. The smallest absolute Gasteiger partial charge is 0.418 e. The van der Waals surface area contributed by atoms with E-state index in [-0.39, 0.29) is 6.61 Å². The fourth-order valence-electron chi connectivity index (χ4n) is 2.36. The number of ether oxygens (including phenoxy) is 3. The number of fused-ring (bicyclic) bond motifs is 1. The minimum absolute atomic E-state index is 0.286. The van der Waals surface area contributed by atoms with E-state index < -0.39 is 6.09 Å². The molecule has 0 unspecified atom stereocenters. The van der Waals surface area contributed by atoms with Crippen molar-refractivity contribution >= 4 is 34.5 Å². The van der Waals surface area contributed by atoms with Crippen LogP contribution in [0.25, 0.3) is 11.0 Å². The molecule has 0 aliphatic heterocycles. The number of hydrogen-bond donors (Lipinski definition) is 1. The van der Waals surface area contributed by atoms with Gasteiger partial charge in [-0.1, -0.05) is 11.6 Å². The summed E-state index contributed by atoms with van der Waals surface area (Å²) in [7, 11) is 4.75. The quantitative estimate of drug-likeness (QED) is 0.743. The van der Waals surface area contributed by atoms with Crippen molar-refractivity contribution in [3.05, 3.63) is 35.2 Å². The first-order valence-electron chi connectivity index (χ1n) is 7.28. The molecule has 8 nitrogen and oxygen atoms in total. The van der Waals surface area contributed by atoms with Gasteiger partial charge in [-0.15, -0.1) is 0 Å². The summed E-state index contributed by atoms with van der Waals surface area (Å²) in [4.78, 5) is 12.2. The summed E-state index contributed by atoms with van der Waals surface area (Å²) in [5.74, 6) is 1.77. The van der Waals surface area contributed by atoms with E-state index in [9.17, 15) is 4.79 Å². The average molecular weight is 366 g/mol. The number of nitrogens with zero attached hydrogens (tertiary/aromatic N) is 2. The molecule has 2 heterocycles. The first kappa shape index (κ1) is 17.1. The number of anilines is 1. The van der Waals surface area contributed by atoms with Gasteiger partial charge in [-0.25, -0.2) is 4.79 Å². The van der Waals surface area contributed by atoms with Gasteiger partial charge >= 0.3 is 6.09 Å². The lowest BCUT2D eigenvalue weighted by Crippen LogP contribution is -2.19. The molecular formula is C16H16ClN3O5. The van der Waals surface area contributed by atoms with E-state index in [0.717, 1.165) is 0 Å². The normalized spacial score (nSPS) is 10.9. The van der Waals surface area contributed by atoms with Gasteiger partial charge in [0.2, 0.25) is 0 Å². The molecule has 1 N–H and O–H groups in total. The number of aryl methyl sites for hydroxylation is 1. The van der Waals surface area contributed by atoms with Crippen molar-refractivity contribution in [3.8, 4) is 11.5 Å². The second kappa shape index (κ2) is 7.04. The Morgan fingerprint density at radius 3 is 2.76 bits per heavy atom. The second-order valence-electron chi connectivity index (χ2n) is 5.13. The van der Waals surface area contributed by atoms with Crippen LogP contribution in [0.4, 0.5) is 10.6 Å². The molecule has 132 valence electrons. The van der Waals surface area contributed by atoms with Crippen LogP contribution in [0.3, 0.4) is 0 Å². The highest BCUT2D eigenvalue weighted by Crippen LogP contribution is 2.36. The van der Waals surface area contributed by atoms with Crippen LogP contribution in [0.1, 0.15) is 5.76 Å². The lowest BCUT2D eigenvalue weighted by atomic mass is 10.2. The summed E-state index contributed by atoms with van der Waals surface area (Å²) >= 11 is 5.97. The zero-order chi connectivity index (χ0) is 18.0. The summed E-state index contributed by atoms with van der Waals surface area (Å²) in [5, 5.41) is 7.40. The summed E-state index contributed by atoms with van der Waals surface area (Å²) in [6.07, 6.45) is 0.724. The highest BCUT2D eigenvalue weighted by molar-refractivity contribution is 6.33. The number of carbonyl (C=O) groups is 1. The maximum absolute atomic E-state index is 12.2. The molecule has 3 rings (SSSR count). The average Bonchev–Trinajstić information content (AvgIpc) is 3.14. The van der Waals surface area contributed by atoms with Crippen molar-refractivity contribution in [1.29, 1.82) is 0 Å². The lowest BCUT2D eigenvalue weighted by Gasteiger charge is -2.09. The lowest BCUT2D eigenvalue weighted by molar-refractivity contribution is 0.166. The molecule has 0 saturated carbocycles. The van der Waals surface area contributed by atoms with Gasteiger partial charge in [0.25, 0.3) is 0 Å². The number of carbonyl (C=O) groups excluding carboxylic acids is 1. The third kappa shape index (κ3) is 3.40. The van der Waals surface area contributed by atoms with E-state index in [2.05, 4.69) is 10.4 Å². The Hall–Kier alpha value is -2.71. The van der Waals surface area contributed by atoms with Crippen LogP contribution in [0.2, 0.25) is 5.02 Å². The van der Waals surface area contributed by atoms with E-state index >= 15 is 0 Å². The summed E-state index contributed by atoms with van der Waals surface area (Å²) in [6.45, 7) is 0.286. The molecule has 0 bridgehead atoms. The molecule has 0 radical (unpaired) electrons. The summed E-state index contributed by atoms with van der Waals surface area (Å²) in [6, 6.07) is 5.01. The SMILES string of the molecule is COCc1cc2c(OC(=O)Nc3c(Cl)cnn3C)ccc(OC)c2o1. The third-order valence-electron chi connectivity index (χ3n) is 3.48. The van der Waals surface area contributed by atoms with Crippen LogP contribution in [0, 0.1) is 0 Å². The third-order valence-corrected chi connectivity index (χ3v) is 3.76. The Kier molecular flexibility index (Phi) is 4.82. The fraction of sp³-hybridized carbons (Fsp3) is 0.250. The van der Waals surface area contributed by atoms with Crippen LogP contribution in [0.5, 0.6) is 11.5 Å². The zero-order valence-corrected chi connectivity index (χ0v) is 14.6. The molecule has 25 heavy (non-hydrogen) atoms. The zero-order valence-electron chi connectivity index (χ0n) is 13.8. The number of aromatic nitrogens is 2. The van der Waals surface area contributed by atoms with Gasteiger partial charge in [0.1, 0.15) is 23.1 Å². The number of methoxy groups -OCH3 is 2. The molecule has 0 aliphatic rings. The summed E-state index contributed by atoms with van der Waals surface area (Å²) < 4.78 is 22.9. The Labute approximate surface area is 148 Å². The minimum atomic E-state index is -0.702. The van der Waals surface area contributed by atoms with E-state index in [1.807, 2.05) is 0 Å². The molecule has 3 aromatic rings. The number of furan rings is 1. The molecule has 0 aliphatic carbocycles. The first-order chi connectivity index (χ1) is 12.0. The van der Waals surface area contributed by atoms with Crippen molar-refractivity contribution < 1.29 is 23.4 Å². The predicted molar refractivity (Wildman–Crippen MR) is 91.3 cm³/mol. The molecule has 9 heteroatoms. The van der Waals surface area contributed by atoms with Crippen molar-refractivity contribution in [2.75, 3.05) is 19.5 Å². The van der Waals surface area contributed by atoms with Crippen molar-refractivity contribution in [1.82, 2.24) is 9.78 Å². The maximum atomic E-state index is 12.2. The number of nitrogens with one attached hydrogen (secondary N) is 1. The molecular weight excluding hydrogens is 350 g/mol. The minimum Gasteiger partial charge on any atom is -0.493 e. The van der Waals surface area contributed by atoms with Crippen LogP contribution in [0.15, 0.2) is 28.8 Å². The van der Waals surface area contributed by atoms with Crippen LogP contribution in [-0.2, 0) is 18.4 Å². The fourth-order valence-corrected chi connectivity index (χ4v) is 2.57. The second-order valence-corrected chi connectivity index (χ2v) is 5.54. The Morgan fingerprint density at radius 1 is 1.36 bits per heavy atom. The van der Waals surface area contributed by atoms with Crippen molar-refractivity contribution in [2.24, 2.45) is 7.05 Å². The molecule has 0 atom stereocenters. The Morgan fingerprint density at radius 2 is 2.12 bits per heavy atom. The van der Waals surface area contributed by atoms with Crippen LogP contribution in [-0.4, -0.2) is 30.1 Å². The summed E-state index contributed by atoms with van der Waals surface area (Å²) in [5.41, 5.74) is 0.471. The first-order valence-corrected chi connectivity index (χ1v) is 7.66. The van der Waals surface area contributed by atoms with E-state index in [1.54, 1.807) is 32.4 Å². The number of benzene rings is 1. The van der Waals surface area contributed by atoms with Gasteiger partial charge in [-0.3, -0.25) is 10.00 Å². The highest BCUT2D eigenvalue weighted by Gasteiger charge is 2.18. The van der Waals surface area contributed by atoms with Gasteiger partial charge in [0, 0.05) is 14.2 Å². The highest BCUT2D eigenvalue weighted by atomic mass is 35.5. The standard InChI is InChI=1S/C16H16ClN3O5/c1-20-15(11(17)7-18-20)19-16(21)25-12-4-5-13(23-3)14-10(12)6-9(24-14)8-22-2/h4-7H,8H2,1-3H3,(H,19,21). The number of hydrogen-bond acceptors (Lipinski definition) is 6. The van der Waals surface area contributed by atoms with Gasteiger partial charge in [-0.05, 0) is 18.2 Å². The molecule has 0 fully saturated rings. The van der Waals surface area contributed by atoms with Crippen LogP contribution >= 0.6 is 11.6 Å². The van der Waals surface area contributed by atoms with Gasteiger partial charge < -0.3 is 18.6 Å². The Balaban J connectivity index is 1.89. The monoisotopic (exact) mass is 365 g/mol. The van der Waals surface area contributed by atoms with E-state index in [0.29, 0.717) is 39.1 Å². The molecule has 0 saturated heterocycles. The molecule has 1 aromatic carbocycles. The van der Waals surface area contributed by atoms with Crippen LogP contribution < -0.4 is 14.8 Å². The predicted octanol–water partition coefficient (Wildman–Crippen LogP) is 3.59. The number of halogens is 1. The number of amides is 1. The van der Waals surface area contributed by atoms with Gasteiger partial charge in [0.15, 0.2) is 17.2 Å². The molecule has 0 spiro atoms. The topological polar surface area (TPSA) is 87.8 Å². The van der Waals surface area contributed by atoms with Crippen molar-refractivity contribution in [3.63, 3.8) is 0 Å². The molecule has 1 amide bonds. The van der Waals surface area contributed by atoms with Gasteiger partial charge in [0.05, 0.1) is 18.7 Å². The van der Waals surface area contributed by atoms with E-state index in [1.165, 1.54) is 18.0 Å².